The van der Waals surface area contributed by atoms with Crippen molar-refractivity contribution < 1.29 is 4.79 Å². The summed E-state index contributed by atoms with van der Waals surface area (Å²) in [6, 6.07) is 0. The monoisotopic (exact) mass is 365 g/mol. The quantitative estimate of drug-likeness (QED) is 0.174. The summed E-state index contributed by atoms with van der Waals surface area (Å²) in [7, 11) is 0. The molecule has 0 spiro atoms. The van der Waals surface area contributed by atoms with E-state index in [1.165, 1.54) is 96.3 Å². The number of hydrogen-bond donors (Lipinski definition) is 1. The Kier molecular flexibility index (Phi) is 21.6. The van der Waals surface area contributed by atoms with E-state index in [9.17, 15) is 4.79 Å². The lowest BCUT2D eigenvalue weighted by Crippen LogP contribution is -2.23. The maximum absolute atomic E-state index is 11.6. The molecule has 0 bridgehead atoms. The van der Waals surface area contributed by atoms with Crippen LogP contribution in [-0.2, 0) is 4.79 Å². The topological polar surface area (TPSA) is 29.1 Å². The fraction of sp³-hybridized carbons (Fsp3) is 0.875. The van der Waals surface area contributed by atoms with Crippen LogP contribution in [0.4, 0.5) is 0 Å². The van der Waals surface area contributed by atoms with Crippen molar-refractivity contribution in [2.45, 2.75) is 129 Å². The van der Waals surface area contributed by atoms with Gasteiger partial charge in [0.1, 0.15) is 0 Å². The van der Waals surface area contributed by atoms with E-state index in [1.54, 1.807) is 0 Å². The van der Waals surface area contributed by atoms with Gasteiger partial charge in [0.05, 0.1) is 0 Å². The molecule has 0 saturated heterocycles. The fourth-order valence-corrected chi connectivity index (χ4v) is 3.22. The highest BCUT2D eigenvalue weighted by Gasteiger charge is 1.99. The molecule has 0 aromatic carbocycles. The standard InChI is InChI=1S/C24H47NO/c1-3-5-7-8-9-10-11-12-13-14-15-16-17-18-19-20-22-24(26)25-23-21-6-4-2/h13-14H,3-12,15-23H2,1-2H3,(H,25,26)/b14-13-. The smallest absolute Gasteiger partial charge is 0.219 e. The zero-order valence-corrected chi connectivity index (χ0v) is 18.0. The first-order chi connectivity index (χ1) is 12.8. The van der Waals surface area contributed by atoms with E-state index in [0.29, 0.717) is 6.42 Å². The van der Waals surface area contributed by atoms with Crippen LogP contribution in [0.15, 0.2) is 12.2 Å². The summed E-state index contributed by atoms with van der Waals surface area (Å²) in [6.45, 7) is 5.33. The van der Waals surface area contributed by atoms with Crippen LogP contribution in [0.25, 0.3) is 0 Å². The van der Waals surface area contributed by atoms with Gasteiger partial charge in [-0.25, -0.2) is 0 Å². The van der Waals surface area contributed by atoms with E-state index in [1.807, 2.05) is 0 Å². The first-order valence-electron chi connectivity index (χ1n) is 11.7. The maximum Gasteiger partial charge on any atom is 0.219 e. The van der Waals surface area contributed by atoms with E-state index >= 15 is 0 Å². The van der Waals surface area contributed by atoms with Crippen molar-refractivity contribution in [1.29, 1.82) is 0 Å². The number of hydrogen-bond acceptors (Lipinski definition) is 1. The molecule has 154 valence electrons. The fourth-order valence-electron chi connectivity index (χ4n) is 3.22. The van der Waals surface area contributed by atoms with Crippen molar-refractivity contribution in [3.05, 3.63) is 12.2 Å². The highest BCUT2D eigenvalue weighted by Crippen LogP contribution is 2.10. The molecule has 1 amide bonds. The largest absolute Gasteiger partial charge is 0.356 e. The summed E-state index contributed by atoms with van der Waals surface area (Å²) in [6.07, 6.45) is 27.4. The average molecular weight is 366 g/mol. The van der Waals surface area contributed by atoms with Gasteiger partial charge in [0.15, 0.2) is 0 Å². The minimum atomic E-state index is 0.245. The molecule has 0 aliphatic rings. The van der Waals surface area contributed by atoms with E-state index in [0.717, 1.165) is 19.4 Å². The lowest BCUT2D eigenvalue weighted by Gasteiger charge is -2.04. The highest BCUT2D eigenvalue weighted by atomic mass is 16.1. The Morgan fingerprint density at radius 2 is 1.08 bits per heavy atom. The molecule has 0 fully saturated rings. The number of carbonyl (C=O) groups is 1. The number of carbonyl (C=O) groups excluding carboxylic acids is 1. The van der Waals surface area contributed by atoms with Gasteiger partial charge in [0.2, 0.25) is 5.91 Å². The Morgan fingerprint density at radius 1 is 0.615 bits per heavy atom. The molecule has 1 N–H and O–H groups in total. The van der Waals surface area contributed by atoms with Gasteiger partial charge in [-0.05, 0) is 38.5 Å². The summed E-state index contributed by atoms with van der Waals surface area (Å²) in [4.78, 5) is 11.6. The van der Waals surface area contributed by atoms with Crippen molar-refractivity contribution in [1.82, 2.24) is 5.32 Å². The minimum absolute atomic E-state index is 0.245. The molecule has 0 aliphatic carbocycles. The lowest BCUT2D eigenvalue weighted by molar-refractivity contribution is -0.121. The van der Waals surface area contributed by atoms with Crippen molar-refractivity contribution >= 4 is 5.91 Å². The molecule has 0 radical (unpaired) electrons. The summed E-state index contributed by atoms with van der Waals surface area (Å²) >= 11 is 0. The normalized spacial score (nSPS) is 11.3. The van der Waals surface area contributed by atoms with Crippen molar-refractivity contribution in [2.24, 2.45) is 0 Å². The molecule has 0 heterocycles. The van der Waals surface area contributed by atoms with Gasteiger partial charge in [-0.15, -0.1) is 0 Å². The first-order valence-corrected chi connectivity index (χ1v) is 11.7. The molecular formula is C24H47NO. The van der Waals surface area contributed by atoms with Gasteiger partial charge in [-0.3, -0.25) is 4.79 Å². The minimum Gasteiger partial charge on any atom is -0.356 e. The number of unbranched alkanes of at least 4 members (excludes halogenated alkanes) is 14. The van der Waals surface area contributed by atoms with Gasteiger partial charge in [0.25, 0.3) is 0 Å². The Hall–Kier alpha value is -0.790. The Bertz CT molecular complexity index is 311. The molecule has 0 atom stereocenters. The van der Waals surface area contributed by atoms with Gasteiger partial charge >= 0.3 is 0 Å². The summed E-state index contributed by atoms with van der Waals surface area (Å²) in [5.74, 6) is 0.245. The van der Waals surface area contributed by atoms with Gasteiger partial charge in [0, 0.05) is 13.0 Å². The molecule has 0 aromatic rings. The Morgan fingerprint density at radius 3 is 1.65 bits per heavy atom. The molecule has 0 rings (SSSR count). The SMILES string of the molecule is CCCCCCCCC/C=C\CCCCCCCC(=O)NCCCCC. The van der Waals surface area contributed by atoms with Crippen molar-refractivity contribution in [3.63, 3.8) is 0 Å². The third kappa shape index (κ3) is 21.3. The average Bonchev–Trinajstić information content (AvgIpc) is 2.65. The number of nitrogens with one attached hydrogen (secondary N) is 1. The Labute approximate surface area is 164 Å². The van der Waals surface area contributed by atoms with Crippen LogP contribution < -0.4 is 5.32 Å². The predicted molar refractivity (Wildman–Crippen MR) is 117 cm³/mol. The van der Waals surface area contributed by atoms with E-state index in [2.05, 4.69) is 31.3 Å². The Balaban J connectivity index is 3.17. The zero-order valence-electron chi connectivity index (χ0n) is 18.0. The van der Waals surface area contributed by atoms with Crippen LogP contribution >= 0.6 is 0 Å². The number of allylic oxidation sites excluding steroid dienone is 2. The van der Waals surface area contributed by atoms with Gasteiger partial charge in [-0.1, -0.05) is 96.6 Å². The highest BCUT2D eigenvalue weighted by molar-refractivity contribution is 5.75. The maximum atomic E-state index is 11.6. The molecule has 0 unspecified atom stereocenters. The summed E-state index contributed by atoms with van der Waals surface area (Å²) < 4.78 is 0. The van der Waals surface area contributed by atoms with Crippen LogP contribution in [0, 0.1) is 0 Å². The predicted octanol–water partition coefficient (Wildman–Crippen LogP) is 7.72. The molecule has 0 saturated carbocycles. The van der Waals surface area contributed by atoms with Crippen LogP contribution in [0.2, 0.25) is 0 Å². The van der Waals surface area contributed by atoms with Gasteiger partial charge < -0.3 is 5.32 Å². The molecular weight excluding hydrogens is 318 g/mol. The third-order valence-electron chi connectivity index (χ3n) is 5.02. The van der Waals surface area contributed by atoms with E-state index in [4.69, 9.17) is 0 Å². The molecule has 0 aromatic heterocycles. The van der Waals surface area contributed by atoms with E-state index in [-0.39, 0.29) is 5.91 Å². The number of amides is 1. The second-order valence-corrected chi connectivity index (χ2v) is 7.74. The number of rotatable bonds is 20. The molecule has 26 heavy (non-hydrogen) atoms. The van der Waals surface area contributed by atoms with Crippen molar-refractivity contribution in [3.8, 4) is 0 Å². The van der Waals surface area contributed by atoms with E-state index < -0.39 is 0 Å². The first kappa shape index (κ1) is 25.2. The zero-order chi connectivity index (χ0) is 19.1. The van der Waals surface area contributed by atoms with Gasteiger partial charge in [-0.2, -0.15) is 0 Å². The second-order valence-electron chi connectivity index (χ2n) is 7.74. The van der Waals surface area contributed by atoms with Crippen LogP contribution in [-0.4, -0.2) is 12.5 Å². The summed E-state index contributed by atoms with van der Waals surface area (Å²) in [5, 5.41) is 3.02. The van der Waals surface area contributed by atoms with Crippen LogP contribution in [0.1, 0.15) is 129 Å². The third-order valence-corrected chi connectivity index (χ3v) is 5.02. The lowest BCUT2D eigenvalue weighted by atomic mass is 10.1. The van der Waals surface area contributed by atoms with Crippen LogP contribution in [0.3, 0.4) is 0 Å². The molecule has 2 nitrogen and oxygen atoms in total. The molecule has 0 aliphatic heterocycles. The van der Waals surface area contributed by atoms with Crippen LogP contribution in [0.5, 0.6) is 0 Å². The second kappa shape index (κ2) is 22.3. The van der Waals surface area contributed by atoms with Crippen molar-refractivity contribution in [2.75, 3.05) is 6.54 Å². The summed E-state index contributed by atoms with van der Waals surface area (Å²) in [5.41, 5.74) is 0. The molecule has 2 heteroatoms.